The highest BCUT2D eigenvalue weighted by Gasteiger charge is 2.08. The molecule has 2 nitrogen and oxygen atoms in total. The van der Waals surface area contributed by atoms with Crippen LogP contribution in [0.1, 0.15) is 45.4 Å². The zero-order valence-electron chi connectivity index (χ0n) is 11.0. The van der Waals surface area contributed by atoms with E-state index in [0.717, 1.165) is 12.8 Å². The normalized spacial score (nSPS) is 12.6. The third kappa shape index (κ3) is 5.40. The zero-order chi connectivity index (χ0) is 13.4. The molecule has 0 saturated heterocycles. The van der Waals surface area contributed by atoms with Crippen molar-refractivity contribution in [3.63, 3.8) is 0 Å². The molecule has 0 saturated carbocycles. The summed E-state index contributed by atoms with van der Waals surface area (Å²) in [5.74, 6) is 0.690. The van der Waals surface area contributed by atoms with Crippen molar-refractivity contribution in [1.82, 2.24) is 0 Å². The van der Waals surface area contributed by atoms with Gasteiger partial charge in [0.25, 0.3) is 0 Å². The predicted molar refractivity (Wildman–Crippen MR) is 80.5 cm³/mol. The number of halogens is 1. The van der Waals surface area contributed by atoms with Crippen LogP contribution in [0.3, 0.4) is 0 Å². The second-order valence-electron chi connectivity index (χ2n) is 4.51. The fourth-order valence-corrected chi connectivity index (χ4v) is 3.45. The average molecular weight is 288 g/mol. The van der Waals surface area contributed by atoms with Gasteiger partial charge >= 0.3 is 0 Å². The van der Waals surface area contributed by atoms with Gasteiger partial charge in [0.2, 0.25) is 0 Å². The maximum atomic E-state index is 12.1. The number of unbranched alkanes of at least 4 members (excludes halogenated alkanes) is 5. The van der Waals surface area contributed by atoms with Gasteiger partial charge in [0.15, 0.2) is 0 Å². The van der Waals surface area contributed by atoms with Crippen LogP contribution in [-0.4, -0.2) is 9.96 Å². The molecule has 1 unspecified atom stereocenters. The molecule has 0 radical (unpaired) electrons. The quantitative estimate of drug-likeness (QED) is 0.569. The molecule has 1 aromatic rings. The van der Waals surface area contributed by atoms with Crippen LogP contribution in [0, 0.1) is 0 Å². The first-order valence-electron chi connectivity index (χ1n) is 6.58. The Morgan fingerprint density at radius 2 is 1.83 bits per heavy atom. The topological polar surface area (TPSA) is 43.1 Å². The largest absolute Gasteiger partial charge is 0.399 e. The van der Waals surface area contributed by atoms with Crippen molar-refractivity contribution in [2.24, 2.45) is 0 Å². The van der Waals surface area contributed by atoms with Crippen LogP contribution in [0.15, 0.2) is 23.1 Å². The minimum absolute atomic E-state index is 0.513. The van der Waals surface area contributed by atoms with Crippen molar-refractivity contribution in [1.29, 1.82) is 0 Å². The Balaban J connectivity index is 2.32. The van der Waals surface area contributed by atoms with Crippen molar-refractivity contribution in [3.05, 3.63) is 23.2 Å². The highest BCUT2D eigenvalue weighted by atomic mass is 35.5. The molecule has 0 aliphatic carbocycles. The average Bonchev–Trinajstić information content (AvgIpc) is 2.33. The van der Waals surface area contributed by atoms with E-state index < -0.39 is 10.8 Å². The van der Waals surface area contributed by atoms with E-state index in [2.05, 4.69) is 6.92 Å². The standard InChI is InChI=1S/C14H22ClNOS/c1-2-3-4-5-6-7-10-18(17)14-9-8-12(16)11-13(14)15/h8-9,11H,2-7,10,16H2,1H3. The van der Waals surface area contributed by atoms with E-state index in [0.29, 0.717) is 21.4 Å². The molecule has 102 valence electrons. The molecule has 0 amide bonds. The summed E-state index contributed by atoms with van der Waals surface area (Å²) in [6.07, 6.45) is 7.22. The van der Waals surface area contributed by atoms with Gasteiger partial charge in [-0.1, -0.05) is 50.6 Å². The minimum Gasteiger partial charge on any atom is -0.399 e. The zero-order valence-corrected chi connectivity index (χ0v) is 12.5. The fourth-order valence-electron chi connectivity index (χ4n) is 1.83. The van der Waals surface area contributed by atoms with Crippen molar-refractivity contribution in [2.75, 3.05) is 11.5 Å². The smallest absolute Gasteiger partial charge is 0.0587 e. The molecule has 18 heavy (non-hydrogen) atoms. The first-order valence-corrected chi connectivity index (χ1v) is 8.28. The molecule has 4 heteroatoms. The molecule has 0 fully saturated rings. The summed E-state index contributed by atoms with van der Waals surface area (Å²) in [6, 6.07) is 5.18. The van der Waals surface area contributed by atoms with Crippen LogP contribution in [-0.2, 0) is 10.8 Å². The van der Waals surface area contributed by atoms with Gasteiger partial charge in [0, 0.05) is 11.4 Å². The van der Waals surface area contributed by atoms with Crippen LogP contribution in [0.2, 0.25) is 5.02 Å². The highest BCUT2D eigenvalue weighted by Crippen LogP contribution is 2.23. The lowest BCUT2D eigenvalue weighted by Gasteiger charge is -2.05. The van der Waals surface area contributed by atoms with Crippen LogP contribution in [0.4, 0.5) is 5.69 Å². The van der Waals surface area contributed by atoms with Gasteiger partial charge in [-0.25, -0.2) is 0 Å². The second kappa shape index (κ2) is 8.54. The lowest BCUT2D eigenvalue weighted by Crippen LogP contribution is -1.99. The van der Waals surface area contributed by atoms with E-state index in [1.165, 1.54) is 25.7 Å². The lowest BCUT2D eigenvalue weighted by atomic mass is 10.1. The van der Waals surface area contributed by atoms with Gasteiger partial charge in [-0.15, -0.1) is 0 Å². The van der Waals surface area contributed by atoms with E-state index in [-0.39, 0.29) is 0 Å². The van der Waals surface area contributed by atoms with E-state index in [9.17, 15) is 4.21 Å². The third-order valence-electron chi connectivity index (χ3n) is 2.88. The van der Waals surface area contributed by atoms with E-state index in [1.54, 1.807) is 18.2 Å². The Bertz CT molecular complexity index is 395. The molecule has 0 aliphatic heterocycles. The van der Waals surface area contributed by atoms with Gasteiger partial charge in [-0.2, -0.15) is 0 Å². The Hall–Kier alpha value is -0.540. The third-order valence-corrected chi connectivity index (χ3v) is 4.82. The van der Waals surface area contributed by atoms with Crippen molar-refractivity contribution >= 4 is 28.1 Å². The molecule has 1 aromatic carbocycles. The van der Waals surface area contributed by atoms with Gasteiger partial charge in [-0.05, 0) is 24.6 Å². The van der Waals surface area contributed by atoms with Crippen molar-refractivity contribution in [2.45, 2.75) is 50.3 Å². The molecule has 2 N–H and O–H groups in total. The van der Waals surface area contributed by atoms with Crippen molar-refractivity contribution < 1.29 is 4.21 Å². The van der Waals surface area contributed by atoms with E-state index in [1.807, 2.05) is 0 Å². The molecular weight excluding hydrogens is 266 g/mol. The summed E-state index contributed by atoms with van der Waals surface area (Å²) >= 11 is 6.03. The fraction of sp³-hybridized carbons (Fsp3) is 0.571. The number of rotatable bonds is 8. The second-order valence-corrected chi connectivity index (χ2v) is 6.45. The maximum absolute atomic E-state index is 12.1. The van der Waals surface area contributed by atoms with Crippen LogP contribution < -0.4 is 5.73 Å². The van der Waals surface area contributed by atoms with Crippen molar-refractivity contribution in [3.8, 4) is 0 Å². The number of nitrogens with two attached hydrogens (primary N) is 1. The van der Waals surface area contributed by atoms with Gasteiger partial charge in [0.1, 0.15) is 0 Å². The van der Waals surface area contributed by atoms with Crippen LogP contribution >= 0.6 is 11.6 Å². The summed E-state index contributed by atoms with van der Waals surface area (Å²) in [5.41, 5.74) is 6.22. The number of hydrogen-bond acceptors (Lipinski definition) is 2. The summed E-state index contributed by atoms with van der Waals surface area (Å²) < 4.78 is 12.1. The molecule has 0 bridgehead atoms. The van der Waals surface area contributed by atoms with E-state index in [4.69, 9.17) is 17.3 Å². The number of anilines is 1. The Morgan fingerprint density at radius 3 is 2.50 bits per heavy atom. The first kappa shape index (κ1) is 15.5. The molecule has 0 aromatic heterocycles. The Morgan fingerprint density at radius 1 is 1.17 bits per heavy atom. The predicted octanol–water partition coefficient (Wildman–Crippen LogP) is 4.39. The summed E-state index contributed by atoms with van der Waals surface area (Å²) in [6.45, 7) is 2.21. The molecule has 0 spiro atoms. The Kier molecular flexibility index (Phi) is 7.36. The summed E-state index contributed by atoms with van der Waals surface area (Å²) in [5, 5.41) is 0.513. The van der Waals surface area contributed by atoms with Gasteiger partial charge in [0.05, 0.1) is 20.7 Å². The summed E-state index contributed by atoms with van der Waals surface area (Å²) in [4.78, 5) is 0.708. The first-order chi connectivity index (χ1) is 8.65. The SMILES string of the molecule is CCCCCCCCS(=O)c1ccc(N)cc1Cl. The molecule has 0 heterocycles. The monoisotopic (exact) mass is 287 g/mol. The highest BCUT2D eigenvalue weighted by molar-refractivity contribution is 7.85. The maximum Gasteiger partial charge on any atom is 0.0587 e. The van der Waals surface area contributed by atoms with Gasteiger partial charge in [-0.3, -0.25) is 4.21 Å². The molecule has 1 rings (SSSR count). The molecular formula is C14H22ClNOS. The van der Waals surface area contributed by atoms with Gasteiger partial charge < -0.3 is 5.73 Å². The number of nitrogen functional groups attached to an aromatic ring is 1. The summed E-state index contributed by atoms with van der Waals surface area (Å²) in [7, 11) is -0.998. The number of hydrogen-bond donors (Lipinski definition) is 1. The lowest BCUT2D eigenvalue weighted by molar-refractivity contribution is 0.622. The molecule has 0 aliphatic rings. The van der Waals surface area contributed by atoms with Crippen LogP contribution in [0.5, 0.6) is 0 Å². The van der Waals surface area contributed by atoms with E-state index >= 15 is 0 Å². The van der Waals surface area contributed by atoms with Crippen LogP contribution in [0.25, 0.3) is 0 Å². The Labute approximate surface area is 117 Å². The minimum atomic E-state index is -0.998. The number of benzene rings is 1. The molecule has 1 atom stereocenters.